The molecule has 2 aromatic rings. The molecule has 0 saturated heterocycles. The van der Waals surface area contributed by atoms with Crippen LogP contribution in [0.5, 0.6) is 5.75 Å². The first-order valence-corrected chi connectivity index (χ1v) is 9.42. The normalized spacial score (nSPS) is 11.9. The Labute approximate surface area is 143 Å². The first-order valence-electron chi connectivity index (χ1n) is 6.57. The van der Waals surface area contributed by atoms with Crippen LogP contribution >= 0.6 is 0 Å². The van der Waals surface area contributed by atoms with E-state index < -0.39 is 42.4 Å². The lowest BCUT2D eigenvalue weighted by molar-refractivity contribution is 0.0695. The number of aryl methyl sites for hydroxylation is 1. The molecular weight excluding hydrogens is 374 g/mol. The fourth-order valence-corrected chi connectivity index (χ4v) is 3.60. The molecule has 11 heteroatoms. The van der Waals surface area contributed by atoms with Crippen molar-refractivity contribution >= 4 is 31.9 Å². The smallest absolute Gasteiger partial charge is 0.341 e. The molecule has 0 aliphatic rings. The molecule has 0 amide bonds. The highest BCUT2D eigenvalue weighted by molar-refractivity contribution is 7.87. The zero-order chi connectivity index (χ0) is 19.0. The fraction of sp³-hybridized carbons (Fsp3) is 0.0714. The molecule has 0 aliphatic carbocycles. The summed E-state index contributed by atoms with van der Waals surface area (Å²) in [6, 6.07) is 6.39. The van der Waals surface area contributed by atoms with Crippen LogP contribution in [-0.4, -0.2) is 32.5 Å². The average Bonchev–Trinajstić information content (AvgIpc) is 2.48. The highest BCUT2D eigenvalue weighted by atomic mass is 32.2. The molecule has 2 aromatic carbocycles. The summed E-state index contributed by atoms with van der Waals surface area (Å²) in [4.78, 5) is 10.2. The van der Waals surface area contributed by atoms with Gasteiger partial charge in [0.25, 0.3) is 10.1 Å². The lowest BCUT2D eigenvalue weighted by Gasteiger charge is -2.12. The molecular formula is C14H13NO8S2. The zero-order valence-corrected chi connectivity index (χ0v) is 14.3. The summed E-state index contributed by atoms with van der Waals surface area (Å²) in [5, 5.41) is 9.15. The van der Waals surface area contributed by atoms with Crippen molar-refractivity contribution in [1.29, 1.82) is 0 Å². The topological polar surface area (TPSA) is 161 Å². The van der Waals surface area contributed by atoms with E-state index in [9.17, 15) is 21.6 Å². The van der Waals surface area contributed by atoms with Crippen molar-refractivity contribution in [3.63, 3.8) is 0 Å². The standard InChI is InChI=1S/C14H13NO8S2/c1-8-2-4-11(15)13(6-8)25(21,22)23-12-5-3-9(24(18,19)20)7-10(12)14(16)17/h2-7H,15H2,1H3,(H,16,17)(H,18,19,20). The van der Waals surface area contributed by atoms with E-state index >= 15 is 0 Å². The third-order valence-electron chi connectivity index (χ3n) is 3.12. The Morgan fingerprint density at radius 2 is 1.72 bits per heavy atom. The van der Waals surface area contributed by atoms with Crippen molar-refractivity contribution in [3.8, 4) is 5.75 Å². The molecule has 0 spiro atoms. The predicted molar refractivity (Wildman–Crippen MR) is 86.6 cm³/mol. The highest BCUT2D eigenvalue weighted by Gasteiger charge is 2.25. The van der Waals surface area contributed by atoms with Crippen molar-refractivity contribution in [2.45, 2.75) is 16.7 Å². The Hall–Kier alpha value is -2.63. The molecule has 0 radical (unpaired) electrons. The van der Waals surface area contributed by atoms with Gasteiger partial charge in [-0.1, -0.05) is 6.07 Å². The van der Waals surface area contributed by atoms with Crippen LogP contribution in [0.4, 0.5) is 5.69 Å². The molecule has 2 rings (SSSR count). The number of nitrogens with two attached hydrogens (primary N) is 1. The number of carboxylic acid groups (broad SMARTS) is 1. The zero-order valence-electron chi connectivity index (χ0n) is 12.7. The van der Waals surface area contributed by atoms with E-state index in [0.29, 0.717) is 11.6 Å². The van der Waals surface area contributed by atoms with Crippen LogP contribution in [0.15, 0.2) is 46.2 Å². The summed E-state index contributed by atoms with van der Waals surface area (Å²) < 4.78 is 60.7. The first kappa shape index (κ1) is 18.7. The van der Waals surface area contributed by atoms with Crippen LogP contribution in [0.25, 0.3) is 0 Å². The van der Waals surface area contributed by atoms with Crippen molar-refractivity contribution < 1.29 is 35.5 Å². The third kappa shape index (κ3) is 4.07. The monoisotopic (exact) mass is 387 g/mol. The minimum atomic E-state index is -4.67. The molecule has 4 N–H and O–H groups in total. The number of aromatic carboxylic acids is 1. The van der Waals surface area contributed by atoms with Gasteiger partial charge in [0.15, 0.2) is 5.75 Å². The minimum Gasteiger partial charge on any atom is -0.478 e. The summed E-state index contributed by atoms with van der Waals surface area (Å²) in [5.74, 6) is -2.27. The molecule has 0 heterocycles. The maximum Gasteiger partial charge on any atom is 0.341 e. The SMILES string of the molecule is Cc1ccc(N)c(S(=O)(=O)Oc2ccc(S(=O)(=O)O)cc2C(=O)O)c1. The predicted octanol–water partition coefficient (Wildman–Crippen LogP) is 1.29. The molecule has 0 aliphatic heterocycles. The van der Waals surface area contributed by atoms with Crippen molar-refractivity contribution in [2.24, 2.45) is 0 Å². The maximum absolute atomic E-state index is 12.4. The summed E-state index contributed by atoms with van der Waals surface area (Å²) in [5.41, 5.74) is 5.34. The molecule has 0 saturated carbocycles. The Kier molecular flexibility index (Phi) is 4.75. The lowest BCUT2D eigenvalue weighted by atomic mass is 10.2. The van der Waals surface area contributed by atoms with Gasteiger partial charge in [0, 0.05) is 0 Å². The van der Waals surface area contributed by atoms with Crippen molar-refractivity contribution in [3.05, 3.63) is 47.5 Å². The summed E-state index contributed by atoms with van der Waals surface area (Å²) in [7, 11) is -9.14. The maximum atomic E-state index is 12.4. The number of carbonyl (C=O) groups is 1. The number of carboxylic acids is 1. The van der Waals surface area contributed by atoms with Crippen LogP contribution in [0.2, 0.25) is 0 Å². The molecule has 0 fully saturated rings. The molecule has 0 atom stereocenters. The van der Waals surface area contributed by atoms with Gasteiger partial charge in [0.1, 0.15) is 10.5 Å². The Morgan fingerprint density at radius 3 is 2.28 bits per heavy atom. The third-order valence-corrected chi connectivity index (χ3v) is 5.26. The Bertz CT molecular complexity index is 1060. The van der Waals surface area contributed by atoms with E-state index in [0.717, 1.165) is 12.1 Å². The number of nitrogen functional groups attached to an aromatic ring is 1. The summed E-state index contributed by atoms with van der Waals surface area (Å²) in [6.45, 7) is 1.63. The van der Waals surface area contributed by atoms with E-state index in [2.05, 4.69) is 0 Å². The lowest BCUT2D eigenvalue weighted by Crippen LogP contribution is -2.15. The van der Waals surface area contributed by atoms with Gasteiger partial charge in [0.2, 0.25) is 0 Å². The van der Waals surface area contributed by atoms with Crippen molar-refractivity contribution in [1.82, 2.24) is 0 Å². The summed E-state index contributed by atoms with van der Waals surface area (Å²) >= 11 is 0. The van der Waals surface area contributed by atoms with Gasteiger partial charge >= 0.3 is 16.1 Å². The van der Waals surface area contributed by atoms with Gasteiger partial charge in [-0.05, 0) is 42.8 Å². The van der Waals surface area contributed by atoms with Gasteiger partial charge < -0.3 is 15.0 Å². The molecule has 9 nitrogen and oxygen atoms in total. The van der Waals surface area contributed by atoms with Gasteiger partial charge in [-0.2, -0.15) is 16.8 Å². The van der Waals surface area contributed by atoms with E-state index in [1.807, 2.05) is 0 Å². The van der Waals surface area contributed by atoms with Crippen LogP contribution in [-0.2, 0) is 20.2 Å². The number of anilines is 1. The quantitative estimate of drug-likeness (QED) is 0.390. The second-order valence-electron chi connectivity index (χ2n) is 5.02. The molecule has 25 heavy (non-hydrogen) atoms. The van der Waals surface area contributed by atoms with Crippen LogP contribution in [0, 0.1) is 6.92 Å². The number of hydrogen-bond acceptors (Lipinski definition) is 7. The van der Waals surface area contributed by atoms with E-state index in [4.69, 9.17) is 19.6 Å². The van der Waals surface area contributed by atoms with Crippen LogP contribution in [0.1, 0.15) is 15.9 Å². The van der Waals surface area contributed by atoms with E-state index in [1.54, 1.807) is 13.0 Å². The second kappa shape index (κ2) is 6.35. The van der Waals surface area contributed by atoms with E-state index in [-0.39, 0.29) is 10.6 Å². The molecule has 134 valence electrons. The Balaban J connectivity index is 2.56. The van der Waals surface area contributed by atoms with Gasteiger partial charge in [-0.25, -0.2) is 4.79 Å². The minimum absolute atomic E-state index is 0.1000. The molecule has 0 aromatic heterocycles. The van der Waals surface area contributed by atoms with Gasteiger partial charge in [-0.15, -0.1) is 0 Å². The number of rotatable bonds is 5. The van der Waals surface area contributed by atoms with Crippen molar-refractivity contribution in [2.75, 3.05) is 5.73 Å². The van der Waals surface area contributed by atoms with E-state index in [1.165, 1.54) is 12.1 Å². The first-order chi connectivity index (χ1) is 11.4. The van der Waals surface area contributed by atoms with Crippen LogP contribution < -0.4 is 9.92 Å². The number of hydrogen-bond donors (Lipinski definition) is 3. The number of benzene rings is 2. The molecule has 0 unspecified atom stereocenters. The highest BCUT2D eigenvalue weighted by Crippen LogP contribution is 2.28. The Morgan fingerprint density at radius 1 is 1.08 bits per heavy atom. The largest absolute Gasteiger partial charge is 0.478 e. The van der Waals surface area contributed by atoms with Crippen LogP contribution in [0.3, 0.4) is 0 Å². The molecule has 0 bridgehead atoms. The second-order valence-corrected chi connectivity index (χ2v) is 7.95. The summed E-state index contributed by atoms with van der Waals surface area (Å²) in [6.07, 6.45) is 0. The fourth-order valence-electron chi connectivity index (χ4n) is 1.93. The van der Waals surface area contributed by atoms with Gasteiger partial charge in [-0.3, -0.25) is 4.55 Å². The average molecular weight is 387 g/mol. The van der Waals surface area contributed by atoms with Gasteiger partial charge in [0.05, 0.1) is 10.6 Å².